The van der Waals surface area contributed by atoms with E-state index in [0.717, 1.165) is 51.3 Å². The van der Waals surface area contributed by atoms with Crippen LogP contribution in [-0.2, 0) is 17.8 Å². The lowest BCUT2D eigenvalue weighted by atomic mass is 10.1. The van der Waals surface area contributed by atoms with Gasteiger partial charge in [-0.05, 0) is 61.0 Å². The van der Waals surface area contributed by atoms with Crippen LogP contribution in [0.2, 0.25) is 0 Å². The molecule has 0 radical (unpaired) electrons. The zero-order chi connectivity index (χ0) is 26.2. The third-order valence-corrected chi connectivity index (χ3v) is 7.34. The molecular formula is C30H36N4O2S. The highest BCUT2D eigenvalue weighted by Crippen LogP contribution is 2.28. The van der Waals surface area contributed by atoms with E-state index >= 15 is 0 Å². The molecule has 1 amide bonds. The summed E-state index contributed by atoms with van der Waals surface area (Å²) in [5.41, 5.74) is 4.20. The van der Waals surface area contributed by atoms with Gasteiger partial charge in [-0.1, -0.05) is 24.3 Å². The average molecular weight is 517 g/mol. The number of benzene rings is 2. The number of rotatable bonds is 12. The van der Waals surface area contributed by atoms with E-state index in [1.807, 2.05) is 67.0 Å². The van der Waals surface area contributed by atoms with Crippen molar-refractivity contribution in [3.63, 3.8) is 0 Å². The normalized spacial score (nSPS) is 11.8. The number of methoxy groups -OCH3 is 1. The van der Waals surface area contributed by atoms with Crippen LogP contribution in [0.25, 0.3) is 10.9 Å². The van der Waals surface area contributed by atoms with Crippen LogP contribution >= 0.6 is 11.3 Å². The van der Waals surface area contributed by atoms with E-state index < -0.39 is 0 Å². The van der Waals surface area contributed by atoms with E-state index in [1.54, 1.807) is 18.4 Å². The fourth-order valence-corrected chi connectivity index (χ4v) is 5.10. The van der Waals surface area contributed by atoms with Crippen LogP contribution in [0.5, 0.6) is 5.75 Å². The minimum absolute atomic E-state index is 0.169. The number of fused-ring (bicyclic) bond motifs is 1. The fourth-order valence-electron chi connectivity index (χ4n) is 4.40. The van der Waals surface area contributed by atoms with Crippen molar-refractivity contribution in [3.05, 3.63) is 82.7 Å². The van der Waals surface area contributed by atoms with Gasteiger partial charge in [0.15, 0.2) is 0 Å². The zero-order valence-electron chi connectivity index (χ0n) is 22.1. The molecule has 0 aliphatic carbocycles. The summed E-state index contributed by atoms with van der Waals surface area (Å²) in [5.74, 6) is 0.976. The summed E-state index contributed by atoms with van der Waals surface area (Å²) < 4.78 is 5.49. The predicted molar refractivity (Wildman–Crippen MR) is 155 cm³/mol. The van der Waals surface area contributed by atoms with E-state index in [9.17, 15) is 4.79 Å². The maximum absolute atomic E-state index is 13.3. The van der Waals surface area contributed by atoms with Crippen molar-refractivity contribution in [1.29, 1.82) is 0 Å². The molecular weight excluding hydrogens is 480 g/mol. The first-order valence-corrected chi connectivity index (χ1v) is 13.6. The second-order valence-electron chi connectivity index (χ2n) is 9.57. The van der Waals surface area contributed by atoms with Gasteiger partial charge in [0.2, 0.25) is 5.91 Å². The molecule has 0 aliphatic rings. The number of thiophene rings is 1. The van der Waals surface area contributed by atoms with Gasteiger partial charge in [0.25, 0.3) is 0 Å². The molecule has 4 aromatic rings. The maximum atomic E-state index is 13.3. The largest absolute Gasteiger partial charge is 0.497 e. The van der Waals surface area contributed by atoms with Crippen LogP contribution < -0.4 is 15.0 Å². The molecule has 2 aromatic carbocycles. The van der Waals surface area contributed by atoms with Crippen LogP contribution in [0.15, 0.2) is 72.2 Å². The number of carbonyl (C=O) groups excluding carboxylic acids is 1. The topological polar surface area (TPSA) is 57.7 Å². The first-order chi connectivity index (χ1) is 17.9. The van der Waals surface area contributed by atoms with Crippen molar-refractivity contribution in [2.24, 2.45) is 0 Å². The molecule has 0 saturated heterocycles. The van der Waals surface area contributed by atoms with Crippen LogP contribution in [0.1, 0.15) is 30.2 Å². The highest BCUT2D eigenvalue weighted by Gasteiger charge is 2.16. The summed E-state index contributed by atoms with van der Waals surface area (Å²) in [6.45, 7) is 3.50. The first-order valence-electron chi connectivity index (χ1n) is 12.7. The Hall–Kier alpha value is -3.58. The molecule has 0 spiro atoms. The molecule has 0 saturated carbocycles. The summed E-state index contributed by atoms with van der Waals surface area (Å²) in [6.07, 6.45) is 4.08. The third-order valence-electron chi connectivity index (χ3n) is 6.47. The third kappa shape index (κ3) is 7.23. The van der Waals surface area contributed by atoms with Crippen LogP contribution in [-0.4, -0.2) is 49.6 Å². The quantitative estimate of drug-likeness (QED) is 0.242. The summed E-state index contributed by atoms with van der Waals surface area (Å²) >= 11 is 1.63. The summed E-state index contributed by atoms with van der Waals surface area (Å²) in [5, 5.41) is 6.69. The van der Waals surface area contributed by atoms with Gasteiger partial charge >= 0.3 is 0 Å². The molecule has 1 N–H and O–H groups in total. The number of anilines is 2. The maximum Gasteiger partial charge on any atom is 0.228 e. The summed E-state index contributed by atoms with van der Waals surface area (Å²) in [7, 11) is 5.75. The Labute approximate surface area is 223 Å². The molecule has 7 heteroatoms. The lowest BCUT2D eigenvalue weighted by molar-refractivity contribution is -0.131. The van der Waals surface area contributed by atoms with Crippen molar-refractivity contribution in [1.82, 2.24) is 9.88 Å². The van der Waals surface area contributed by atoms with Gasteiger partial charge in [-0.15, -0.1) is 11.3 Å². The van der Waals surface area contributed by atoms with Gasteiger partial charge in [-0.2, -0.15) is 0 Å². The van der Waals surface area contributed by atoms with E-state index in [0.29, 0.717) is 19.5 Å². The highest BCUT2D eigenvalue weighted by molar-refractivity contribution is 7.10. The van der Waals surface area contributed by atoms with Gasteiger partial charge in [-0.3, -0.25) is 9.78 Å². The van der Waals surface area contributed by atoms with Gasteiger partial charge in [-0.25, -0.2) is 0 Å². The Balaban J connectivity index is 1.40. The van der Waals surface area contributed by atoms with Crippen molar-refractivity contribution in [3.8, 4) is 5.75 Å². The summed E-state index contributed by atoms with van der Waals surface area (Å²) in [6, 6.07) is 20.7. The number of ether oxygens (including phenoxy) is 1. The van der Waals surface area contributed by atoms with Gasteiger partial charge in [0, 0.05) is 61.4 Å². The Morgan fingerprint density at radius 2 is 1.92 bits per heavy atom. The Morgan fingerprint density at radius 1 is 1.11 bits per heavy atom. The van der Waals surface area contributed by atoms with Crippen LogP contribution in [0.4, 0.5) is 11.4 Å². The van der Waals surface area contributed by atoms with E-state index in [4.69, 9.17) is 4.74 Å². The number of hydrogen-bond donors (Lipinski definition) is 1. The van der Waals surface area contributed by atoms with Crippen molar-refractivity contribution in [2.45, 2.75) is 38.8 Å². The number of pyridine rings is 1. The van der Waals surface area contributed by atoms with E-state index in [2.05, 4.69) is 46.4 Å². The lowest BCUT2D eigenvalue weighted by Gasteiger charge is -2.24. The molecule has 1 atom stereocenters. The second kappa shape index (κ2) is 12.6. The summed E-state index contributed by atoms with van der Waals surface area (Å²) in [4.78, 5) is 23.0. The van der Waals surface area contributed by atoms with Crippen LogP contribution in [0.3, 0.4) is 0 Å². The van der Waals surface area contributed by atoms with Gasteiger partial charge in [0.1, 0.15) is 5.75 Å². The van der Waals surface area contributed by atoms with E-state index in [1.165, 1.54) is 0 Å². The number of aromatic nitrogens is 1. The molecule has 2 aromatic heterocycles. The molecule has 1 unspecified atom stereocenters. The fraction of sp³-hybridized carbons (Fsp3) is 0.333. The zero-order valence-corrected chi connectivity index (χ0v) is 22.9. The molecule has 0 aliphatic heterocycles. The van der Waals surface area contributed by atoms with Gasteiger partial charge < -0.3 is 19.9 Å². The number of nitrogens with zero attached hydrogens (tertiary/aromatic N) is 3. The number of hydrogen-bond acceptors (Lipinski definition) is 6. The number of carbonyl (C=O) groups is 1. The molecule has 194 valence electrons. The molecule has 2 heterocycles. The Morgan fingerprint density at radius 3 is 2.62 bits per heavy atom. The molecule has 37 heavy (non-hydrogen) atoms. The van der Waals surface area contributed by atoms with E-state index in [-0.39, 0.29) is 11.9 Å². The van der Waals surface area contributed by atoms with Crippen molar-refractivity contribution < 1.29 is 9.53 Å². The SMILES string of the molecule is COc1cc(NC(C)CCCN(Cc2ccc(N(C)C)cc2)C(=O)Cc2cccs2)c2ncccc2c1. The monoisotopic (exact) mass is 516 g/mol. The first kappa shape index (κ1) is 26.5. The molecule has 4 rings (SSSR count). The Kier molecular flexibility index (Phi) is 9.01. The highest BCUT2D eigenvalue weighted by atomic mass is 32.1. The average Bonchev–Trinajstić information content (AvgIpc) is 3.41. The van der Waals surface area contributed by atoms with Gasteiger partial charge in [0.05, 0.1) is 24.7 Å². The minimum Gasteiger partial charge on any atom is -0.497 e. The molecule has 6 nitrogen and oxygen atoms in total. The smallest absolute Gasteiger partial charge is 0.228 e. The molecule has 0 fully saturated rings. The molecule has 0 bridgehead atoms. The minimum atomic E-state index is 0.169. The number of amides is 1. The number of nitrogens with one attached hydrogen (secondary N) is 1. The van der Waals surface area contributed by atoms with Crippen molar-refractivity contribution in [2.75, 3.05) is 38.0 Å². The predicted octanol–water partition coefficient (Wildman–Crippen LogP) is 6.22. The second-order valence-corrected chi connectivity index (χ2v) is 10.6. The van der Waals surface area contributed by atoms with Crippen molar-refractivity contribution >= 4 is 39.5 Å². The lowest BCUT2D eigenvalue weighted by Crippen LogP contribution is -2.33. The Bertz CT molecular complexity index is 1290. The van der Waals surface area contributed by atoms with Crippen LogP contribution in [0, 0.1) is 0 Å². The standard InChI is InChI=1S/C30H36N4O2S/c1-22(32-28-19-26(36-4)18-24-9-5-15-31-30(24)28)8-6-16-34(29(35)20-27-10-7-17-37-27)21-23-11-13-25(14-12-23)33(2)3/h5,7,9-15,17-19,22,32H,6,8,16,20-21H2,1-4H3.